The van der Waals surface area contributed by atoms with Crippen LogP contribution in [0.3, 0.4) is 0 Å². The third kappa shape index (κ3) is 4.50. The highest BCUT2D eigenvalue weighted by atomic mass is 32.1. The molecule has 3 aromatic rings. The lowest BCUT2D eigenvalue weighted by molar-refractivity contribution is 0.0688. The van der Waals surface area contributed by atoms with E-state index in [0.717, 1.165) is 31.2 Å². The topological polar surface area (TPSA) is 59.0 Å². The van der Waals surface area contributed by atoms with E-state index in [4.69, 9.17) is 0 Å². The molecular formula is C22H23FN4OS. The van der Waals surface area contributed by atoms with Crippen LogP contribution in [-0.2, 0) is 6.42 Å². The van der Waals surface area contributed by atoms with Crippen LogP contribution in [0.1, 0.15) is 46.6 Å². The number of carbonyl (C=O) groups is 1. The van der Waals surface area contributed by atoms with Crippen LogP contribution in [0.2, 0.25) is 0 Å². The second-order valence-corrected chi connectivity index (χ2v) is 8.32. The van der Waals surface area contributed by atoms with Crippen LogP contribution in [0.4, 0.5) is 4.39 Å². The molecule has 2 aromatic heterocycles. The summed E-state index contributed by atoms with van der Waals surface area (Å²) in [5.74, 6) is 0.322. The second kappa shape index (κ2) is 8.78. The molecule has 150 valence electrons. The third-order valence-corrected chi connectivity index (χ3v) is 6.47. The van der Waals surface area contributed by atoms with E-state index in [0.29, 0.717) is 34.4 Å². The number of amides is 1. The Balaban J connectivity index is 1.56. The van der Waals surface area contributed by atoms with Gasteiger partial charge in [0.25, 0.3) is 5.91 Å². The minimum atomic E-state index is -0.242. The molecule has 1 aromatic carbocycles. The van der Waals surface area contributed by atoms with Crippen LogP contribution in [0, 0.1) is 12.7 Å². The lowest BCUT2D eigenvalue weighted by atomic mass is 10.1. The Labute approximate surface area is 173 Å². The predicted molar refractivity (Wildman–Crippen MR) is 111 cm³/mol. The molecule has 0 unspecified atom stereocenters. The number of thiazole rings is 1. The maximum atomic E-state index is 13.5. The largest absolute Gasteiger partial charge is 0.335 e. The second-order valence-electron chi connectivity index (χ2n) is 7.32. The van der Waals surface area contributed by atoms with Gasteiger partial charge in [0.2, 0.25) is 0 Å². The lowest BCUT2D eigenvalue weighted by Gasteiger charge is -2.29. The van der Waals surface area contributed by atoms with Crippen molar-refractivity contribution in [2.24, 2.45) is 0 Å². The van der Waals surface area contributed by atoms with Crippen LogP contribution < -0.4 is 0 Å². The number of halogens is 1. The van der Waals surface area contributed by atoms with Gasteiger partial charge in [-0.1, -0.05) is 25.0 Å². The number of aromatic nitrogens is 3. The Morgan fingerprint density at radius 3 is 2.55 bits per heavy atom. The van der Waals surface area contributed by atoms with Gasteiger partial charge in [-0.25, -0.2) is 19.3 Å². The van der Waals surface area contributed by atoms with Crippen molar-refractivity contribution in [3.05, 3.63) is 64.7 Å². The maximum absolute atomic E-state index is 13.5. The monoisotopic (exact) mass is 410 g/mol. The van der Waals surface area contributed by atoms with E-state index in [1.165, 1.54) is 23.5 Å². The first-order valence-corrected chi connectivity index (χ1v) is 10.7. The average molecular weight is 411 g/mol. The van der Waals surface area contributed by atoms with Gasteiger partial charge in [-0.3, -0.25) is 4.79 Å². The van der Waals surface area contributed by atoms with Gasteiger partial charge in [-0.2, -0.15) is 0 Å². The predicted octanol–water partition coefficient (Wildman–Crippen LogP) is 4.68. The first-order valence-electron chi connectivity index (χ1n) is 9.92. The lowest BCUT2D eigenvalue weighted by Crippen LogP contribution is -2.40. The molecule has 1 saturated carbocycles. The summed E-state index contributed by atoms with van der Waals surface area (Å²) in [5.41, 5.74) is 1.74. The van der Waals surface area contributed by atoms with Crippen molar-refractivity contribution in [3.63, 3.8) is 0 Å². The molecule has 2 heterocycles. The fraction of sp³-hybridized carbons (Fsp3) is 0.364. The molecular weight excluding hydrogens is 387 g/mol. The quantitative estimate of drug-likeness (QED) is 0.592. The number of hydrogen-bond acceptors (Lipinski definition) is 5. The maximum Gasteiger partial charge on any atom is 0.266 e. The molecule has 1 fully saturated rings. The molecule has 0 aliphatic heterocycles. The Morgan fingerprint density at radius 1 is 1.17 bits per heavy atom. The van der Waals surface area contributed by atoms with Crippen molar-refractivity contribution in [2.45, 2.75) is 45.1 Å². The smallest absolute Gasteiger partial charge is 0.266 e. The number of nitrogens with zero attached hydrogens (tertiary/aromatic N) is 4. The van der Waals surface area contributed by atoms with Gasteiger partial charge >= 0.3 is 0 Å². The molecule has 1 aliphatic carbocycles. The minimum Gasteiger partial charge on any atom is -0.335 e. The Hall–Kier alpha value is -2.67. The summed E-state index contributed by atoms with van der Waals surface area (Å²) < 4.78 is 13.2. The van der Waals surface area contributed by atoms with Crippen molar-refractivity contribution < 1.29 is 9.18 Å². The molecule has 29 heavy (non-hydrogen) atoms. The SMILES string of the molecule is Cc1nc(-c2ncccn2)sc1C(=O)N(CCc1ccc(F)cc1)C1CCCC1. The summed E-state index contributed by atoms with van der Waals surface area (Å²) in [6.45, 7) is 2.48. The van der Waals surface area contributed by atoms with Gasteiger partial charge in [0.05, 0.1) is 5.69 Å². The summed E-state index contributed by atoms with van der Waals surface area (Å²) in [7, 11) is 0. The van der Waals surface area contributed by atoms with E-state index < -0.39 is 0 Å². The van der Waals surface area contributed by atoms with Crippen LogP contribution in [0.5, 0.6) is 0 Å². The molecule has 4 rings (SSSR count). The summed E-state index contributed by atoms with van der Waals surface area (Å²) in [5, 5.41) is 0.663. The highest BCUT2D eigenvalue weighted by Gasteiger charge is 2.30. The fourth-order valence-electron chi connectivity index (χ4n) is 3.80. The molecule has 0 bridgehead atoms. The van der Waals surface area contributed by atoms with Gasteiger partial charge < -0.3 is 4.90 Å². The van der Waals surface area contributed by atoms with E-state index in [9.17, 15) is 9.18 Å². The van der Waals surface area contributed by atoms with Crippen LogP contribution in [0.25, 0.3) is 10.8 Å². The molecule has 0 N–H and O–H groups in total. The minimum absolute atomic E-state index is 0.0243. The zero-order valence-corrected chi connectivity index (χ0v) is 17.2. The number of carbonyl (C=O) groups excluding carboxylic acids is 1. The number of aryl methyl sites for hydroxylation is 1. The molecule has 1 amide bonds. The zero-order chi connectivity index (χ0) is 20.2. The van der Waals surface area contributed by atoms with E-state index >= 15 is 0 Å². The van der Waals surface area contributed by atoms with E-state index in [2.05, 4.69) is 15.0 Å². The van der Waals surface area contributed by atoms with Gasteiger partial charge in [0.1, 0.15) is 10.7 Å². The normalized spacial score (nSPS) is 14.3. The molecule has 5 nitrogen and oxygen atoms in total. The van der Waals surface area contributed by atoms with Crippen molar-refractivity contribution in [1.82, 2.24) is 19.9 Å². The fourth-order valence-corrected chi connectivity index (χ4v) is 4.77. The van der Waals surface area contributed by atoms with E-state index in [1.54, 1.807) is 30.6 Å². The Bertz CT molecular complexity index is 968. The number of rotatable bonds is 6. The number of benzene rings is 1. The summed E-state index contributed by atoms with van der Waals surface area (Å²) >= 11 is 1.35. The van der Waals surface area contributed by atoms with Crippen molar-refractivity contribution in [1.29, 1.82) is 0 Å². The van der Waals surface area contributed by atoms with E-state index in [-0.39, 0.29) is 17.8 Å². The van der Waals surface area contributed by atoms with Crippen LogP contribution in [-0.4, -0.2) is 38.3 Å². The molecule has 0 saturated heterocycles. The van der Waals surface area contributed by atoms with Gasteiger partial charge in [-0.15, -0.1) is 11.3 Å². The molecule has 0 spiro atoms. The van der Waals surface area contributed by atoms with Crippen LogP contribution in [0.15, 0.2) is 42.7 Å². The zero-order valence-electron chi connectivity index (χ0n) is 16.3. The average Bonchev–Trinajstić information content (AvgIpc) is 3.40. The molecule has 0 atom stereocenters. The Morgan fingerprint density at radius 2 is 1.86 bits per heavy atom. The molecule has 7 heteroatoms. The standard InChI is InChI=1S/C22H23FN4OS/c1-15-19(29-21(26-15)20-24-12-4-13-25-20)22(28)27(18-5-2-3-6-18)14-11-16-7-9-17(23)10-8-16/h4,7-10,12-13,18H,2-3,5-6,11,14H2,1H3. The van der Waals surface area contributed by atoms with Crippen molar-refractivity contribution >= 4 is 17.2 Å². The summed E-state index contributed by atoms with van der Waals surface area (Å²) in [6, 6.07) is 8.52. The summed E-state index contributed by atoms with van der Waals surface area (Å²) in [6.07, 6.45) is 8.41. The highest BCUT2D eigenvalue weighted by molar-refractivity contribution is 7.17. The van der Waals surface area contributed by atoms with Crippen molar-refractivity contribution in [2.75, 3.05) is 6.54 Å². The van der Waals surface area contributed by atoms with Gasteiger partial charge in [0.15, 0.2) is 10.8 Å². The highest BCUT2D eigenvalue weighted by Crippen LogP contribution is 2.30. The van der Waals surface area contributed by atoms with E-state index in [1.807, 2.05) is 11.8 Å². The number of hydrogen-bond donors (Lipinski definition) is 0. The third-order valence-electron chi connectivity index (χ3n) is 5.33. The molecule has 0 radical (unpaired) electrons. The Kier molecular flexibility index (Phi) is 5.94. The molecule has 1 aliphatic rings. The van der Waals surface area contributed by atoms with Gasteiger partial charge in [-0.05, 0) is 49.9 Å². The van der Waals surface area contributed by atoms with Gasteiger partial charge in [0, 0.05) is 25.0 Å². The first kappa shape index (κ1) is 19.6. The van der Waals surface area contributed by atoms with Crippen LogP contribution >= 0.6 is 11.3 Å². The first-order chi connectivity index (χ1) is 14.1. The van der Waals surface area contributed by atoms with Crippen molar-refractivity contribution in [3.8, 4) is 10.8 Å². The summed E-state index contributed by atoms with van der Waals surface area (Å²) in [4.78, 5) is 29.2.